The number of hydrogen-bond donors (Lipinski definition) is 2. The fourth-order valence-corrected chi connectivity index (χ4v) is 8.69. The Balaban J connectivity index is 1.17. The van der Waals surface area contributed by atoms with Crippen LogP contribution in [-0.2, 0) is 11.0 Å². The van der Waals surface area contributed by atoms with Gasteiger partial charge in [-0.25, -0.2) is 0 Å². The van der Waals surface area contributed by atoms with Gasteiger partial charge in [0.25, 0.3) is 0 Å². The summed E-state index contributed by atoms with van der Waals surface area (Å²) in [5.74, 6) is 2.05. The van der Waals surface area contributed by atoms with Crippen LogP contribution in [0.2, 0.25) is 0 Å². The van der Waals surface area contributed by atoms with Crippen molar-refractivity contribution in [2.75, 3.05) is 38.9 Å². The minimum atomic E-state index is -4.00. The maximum Gasteiger partial charge on any atom is 0.325 e. The minimum Gasteiger partial charge on any atom is -0.324 e. The third-order valence-electron chi connectivity index (χ3n) is 9.63. The Bertz CT molecular complexity index is 1020. The second kappa shape index (κ2) is 13.2. The molecule has 2 aliphatic heterocycles. The number of piperidine rings is 1. The number of nitrogens with zero attached hydrogens (tertiary/aromatic N) is 2. The second-order valence-corrected chi connectivity index (χ2v) is 14.0. The van der Waals surface area contributed by atoms with E-state index in [0.29, 0.717) is 17.9 Å². The van der Waals surface area contributed by atoms with Gasteiger partial charge in [0.05, 0.1) is 6.16 Å². The standard InChI is InChI=1S/C32H47N2O3P/c35-38(36,37)25-29-16-7-8-17-32(29)34-23-30(31(24-34)28-14-5-2-6-15-28)22-33-20-18-27(19-21-33)13-9-12-26-10-3-1-4-11-26/h1-6,10-11,14-15,27,29-32H,7-9,12-13,16-25H2,(H2,35,36,37)/t29?,30-,31+,32?/m0/s1. The molecule has 2 N–H and O–H groups in total. The number of likely N-dealkylation sites (tertiary alicyclic amines) is 2. The van der Waals surface area contributed by atoms with Gasteiger partial charge in [-0.05, 0) is 80.5 Å². The monoisotopic (exact) mass is 538 g/mol. The summed E-state index contributed by atoms with van der Waals surface area (Å²) in [6.45, 7) is 5.63. The lowest BCUT2D eigenvalue weighted by Crippen LogP contribution is -2.43. The molecule has 0 bridgehead atoms. The van der Waals surface area contributed by atoms with Crippen molar-refractivity contribution >= 4 is 7.60 Å². The van der Waals surface area contributed by atoms with E-state index in [1.165, 1.54) is 62.7 Å². The van der Waals surface area contributed by atoms with Gasteiger partial charge in [0.2, 0.25) is 0 Å². The Kier molecular flexibility index (Phi) is 9.78. The third-order valence-corrected chi connectivity index (χ3v) is 10.6. The van der Waals surface area contributed by atoms with Crippen molar-refractivity contribution in [2.45, 2.75) is 69.7 Å². The van der Waals surface area contributed by atoms with Crippen molar-refractivity contribution in [1.82, 2.24) is 9.80 Å². The van der Waals surface area contributed by atoms with Gasteiger partial charge in [-0.1, -0.05) is 79.9 Å². The highest BCUT2D eigenvalue weighted by atomic mass is 31.2. The van der Waals surface area contributed by atoms with Gasteiger partial charge in [-0.2, -0.15) is 0 Å². The van der Waals surface area contributed by atoms with E-state index in [1.54, 1.807) is 0 Å². The zero-order chi connectivity index (χ0) is 26.4. The molecule has 4 atom stereocenters. The van der Waals surface area contributed by atoms with Crippen LogP contribution in [0.3, 0.4) is 0 Å². The van der Waals surface area contributed by atoms with Crippen LogP contribution in [0.25, 0.3) is 0 Å². The SMILES string of the molecule is O=P(O)(O)CC1CCCCC1N1C[C@H](CN2CCC(CCCc3ccccc3)CC2)[C@@H](c2ccccc2)C1. The summed E-state index contributed by atoms with van der Waals surface area (Å²) in [6, 6.07) is 22.2. The molecular weight excluding hydrogens is 491 g/mol. The van der Waals surface area contributed by atoms with Crippen molar-refractivity contribution in [2.24, 2.45) is 17.8 Å². The summed E-state index contributed by atoms with van der Waals surface area (Å²) in [5, 5.41) is 0. The average molecular weight is 539 g/mol. The van der Waals surface area contributed by atoms with E-state index in [9.17, 15) is 14.4 Å². The van der Waals surface area contributed by atoms with Gasteiger partial charge in [0.1, 0.15) is 0 Å². The predicted octanol–water partition coefficient (Wildman–Crippen LogP) is 6.17. The molecule has 5 rings (SSSR count). The molecule has 1 saturated carbocycles. The molecule has 2 heterocycles. The highest BCUT2D eigenvalue weighted by molar-refractivity contribution is 7.51. The maximum absolute atomic E-state index is 11.9. The van der Waals surface area contributed by atoms with Gasteiger partial charge in [-0.3, -0.25) is 9.46 Å². The Hall–Kier alpha value is -1.49. The van der Waals surface area contributed by atoms with Crippen molar-refractivity contribution in [1.29, 1.82) is 0 Å². The van der Waals surface area contributed by atoms with Crippen molar-refractivity contribution in [3.8, 4) is 0 Å². The van der Waals surface area contributed by atoms with Crippen LogP contribution < -0.4 is 0 Å². The topological polar surface area (TPSA) is 64.0 Å². The van der Waals surface area contributed by atoms with E-state index in [-0.39, 0.29) is 12.1 Å². The first-order valence-corrected chi connectivity index (χ1v) is 16.8. The van der Waals surface area contributed by atoms with Gasteiger partial charge >= 0.3 is 7.60 Å². The lowest BCUT2D eigenvalue weighted by molar-refractivity contribution is 0.121. The Labute approximate surface area is 229 Å². The van der Waals surface area contributed by atoms with Gasteiger partial charge in [-0.15, -0.1) is 0 Å². The van der Waals surface area contributed by atoms with Gasteiger partial charge in [0.15, 0.2) is 0 Å². The molecule has 6 heteroatoms. The molecule has 2 unspecified atom stereocenters. The number of benzene rings is 2. The molecule has 3 aliphatic rings. The first kappa shape index (κ1) is 28.1. The summed E-state index contributed by atoms with van der Waals surface area (Å²) in [5.41, 5.74) is 2.89. The number of aryl methyl sites for hydroxylation is 1. The van der Waals surface area contributed by atoms with E-state index in [1.807, 2.05) is 0 Å². The molecule has 2 aromatic carbocycles. The van der Waals surface area contributed by atoms with Crippen molar-refractivity contribution in [3.05, 3.63) is 71.8 Å². The summed E-state index contributed by atoms with van der Waals surface area (Å²) in [4.78, 5) is 24.8. The van der Waals surface area contributed by atoms with E-state index in [0.717, 1.165) is 44.8 Å². The van der Waals surface area contributed by atoms with Crippen LogP contribution in [0, 0.1) is 17.8 Å². The highest BCUT2D eigenvalue weighted by Crippen LogP contribution is 2.45. The van der Waals surface area contributed by atoms with Crippen LogP contribution in [0.15, 0.2) is 60.7 Å². The molecule has 0 amide bonds. The van der Waals surface area contributed by atoms with Gasteiger partial charge in [0, 0.05) is 31.6 Å². The summed E-state index contributed by atoms with van der Waals surface area (Å²) >= 11 is 0. The Morgan fingerprint density at radius 1 is 0.816 bits per heavy atom. The van der Waals surface area contributed by atoms with Crippen LogP contribution in [0.1, 0.15) is 68.4 Å². The van der Waals surface area contributed by atoms with Crippen LogP contribution in [0.5, 0.6) is 0 Å². The Morgan fingerprint density at radius 2 is 1.50 bits per heavy atom. The lowest BCUT2D eigenvalue weighted by atomic mass is 9.85. The molecular formula is C32H47N2O3P. The molecule has 2 saturated heterocycles. The molecule has 3 fully saturated rings. The molecule has 5 nitrogen and oxygen atoms in total. The summed E-state index contributed by atoms with van der Waals surface area (Å²) < 4.78 is 11.9. The Morgan fingerprint density at radius 3 is 2.21 bits per heavy atom. The maximum atomic E-state index is 11.9. The lowest BCUT2D eigenvalue weighted by Gasteiger charge is -2.38. The van der Waals surface area contributed by atoms with Crippen molar-refractivity contribution in [3.63, 3.8) is 0 Å². The van der Waals surface area contributed by atoms with E-state index in [2.05, 4.69) is 70.5 Å². The zero-order valence-corrected chi connectivity index (χ0v) is 23.8. The minimum absolute atomic E-state index is 0.0482. The quantitative estimate of drug-likeness (QED) is 0.354. The normalized spacial score (nSPS) is 28.1. The average Bonchev–Trinajstić information content (AvgIpc) is 3.34. The van der Waals surface area contributed by atoms with E-state index in [4.69, 9.17) is 0 Å². The number of hydrogen-bond acceptors (Lipinski definition) is 3. The first-order valence-electron chi connectivity index (χ1n) is 15.0. The molecule has 208 valence electrons. The zero-order valence-electron chi connectivity index (χ0n) is 22.9. The van der Waals surface area contributed by atoms with Gasteiger partial charge < -0.3 is 14.7 Å². The van der Waals surface area contributed by atoms with E-state index < -0.39 is 7.60 Å². The van der Waals surface area contributed by atoms with Crippen LogP contribution in [0.4, 0.5) is 0 Å². The fraction of sp³-hybridized carbons (Fsp3) is 0.625. The highest BCUT2D eigenvalue weighted by Gasteiger charge is 2.42. The second-order valence-electron chi connectivity index (χ2n) is 12.3. The van der Waals surface area contributed by atoms with Crippen LogP contribution >= 0.6 is 7.60 Å². The number of rotatable bonds is 10. The molecule has 0 aromatic heterocycles. The predicted molar refractivity (Wildman–Crippen MR) is 155 cm³/mol. The molecule has 38 heavy (non-hydrogen) atoms. The molecule has 0 radical (unpaired) electrons. The third kappa shape index (κ3) is 7.79. The van der Waals surface area contributed by atoms with E-state index >= 15 is 0 Å². The molecule has 2 aromatic rings. The smallest absolute Gasteiger partial charge is 0.324 e. The summed E-state index contributed by atoms with van der Waals surface area (Å²) in [6.07, 6.45) is 10.8. The van der Waals surface area contributed by atoms with Crippen molar-refractivity contribution < 1.29 is 14.4 Å². The fourth-order valence-electron chi connectivity index (χ4n) is 7.65. The van der Waals surface area contributed by atoms with Crippen LogP contribution in [-0.4, -0.2) is 64.5 Å². The summed E-state index contributed by atoms with van der Waals surface area (Å²) in [7, 11) is -4.00. The molecule has 0 spiro atoms. The first-order chi connectivity index (χ1) is 18.4. The molecule has 1 aliphatic carbocycles. The largest absolute Gasteiger partial charge is 0.325 e.